The number of carboxylic acid groups (broad SMARTS) is 1. The molecule has 90 valence electrons. The molecule has 0 radical (unpaired) electrons. The molecule has 0 heterocycles. The molecule has 0 aromatic carbocycles. The Morgan fingerprint density at radius 3 is 2.27 bits per heavy atom. The minimum atomic E-state index is -4.29. The molecule has 6 heteroatoms. The van der Waals surface area contributed by atoms with Crippen LogP contribution in [-0.4, -0.2) is 42.8 Å². The van der Waals surface area contributed by atoms with E-state index in [0.717, 1.165) is 0 Å². The summed E-state index contributed by atoms with van der Waals surface area (Å²) in [7, 11) is 3.48. The van der Waals surface area contributed by atoms with Crippen molar-refractivity contribution in [1.82, 2.24) is 4.90 Å². The molecule has 0 saturated heterocycles. The van der Waals surface area contributed by atoms with E-state index < -0.39 is 30.9 Å². The minimum Gasteiger partial charge on any atom is -0.481 e. The van der Waals surface area contributed by atoms with E-state index in [9.17, 15) is 18.0 Å². The van der Waals surface area contributed by atoms with Crippen LogP contribution in [0.2, 0.25) is 0 Å². The lowest BCUT2D eigenvalue weighted by Gasteiger charge is -2.18. The number of aliphatic carboxylic acids is 1. The molecular weight excluding hydrogens is 211 g/mol. The van der Waals surface area contributed by atoms with Crippen LogP contribution in [0.3, 0.4) is 0 Å². The second-order valence-electron chi connectivity index (χ2n) is 3.88. The summed E-state index contributed by atoms with van der Waals surface area (Å²) in [6.07, 6.45) is -5.48. The fraction of sp³-hybridized carbons (Fsp3) is 0.889. The van der Waals surface area contributed by atoms with Crippen LogP contribution in [0.15, 0.2) is 0 Å². The molecule has 1 atom stereocenters. The fourth-order valence-corrected chi connectivity index (χ4v) is 1.29. The van der Waals surface area contributed by atoms with Crippen molar-refractivity contribution in [1.29, 1.82) is 0 Å². The van der Waals surface area contributed by atoms with Crippen molar-refractivity contribution in [2.24, 2.45) is 5.92 Å². The molecule has 1 unspecified atom stereocenters. The van der Waals surface area contributed by atoms with E-state index in [1.165, 1.54) is 0 Å². The zero-order valence-electron chi connectivity index (χ0n) is 8.84. The van der Waals surface area contributed by atoms with Crippen molar-refractivity contribution in [3.8, 4) is 0 Å². The molecule has 0 amide bonds. The number of hydrogen-bond acceptors (Lipinski definition) is 2. The van der Waals surface area contributed by atoms with Crippen LogP contribution >= 0.6 is 0 Å². The van der Waals surface area contributed by atoms with Gasteiger partial charge in [-0.25, -0.2) is 0 Å². The molecular formula is C9H16F3NO2. The highest BCUT2D eigenvalue weighted by Crippen LogP contribution is 2.28. The predicted molar refractivity (Wildman–Crippen MR) is 49.6 cm³/mol. The van der Waals surface area contributed by atoms with E-state index in [4.69, 9.17) is 5.11 Å². The molecule has 0 aliphatic carbocycles. The highest BCUT2D eigenvalue weighted by Gasteiger charge is 2.32. The zero-order chi connectivity index (χ0) is 12.1. The number of nitrogens with zero attached hydrogens (tertiary/aromatic N) is 1. The summed E-state index contributed by atoms with van der Waals surface area (Å²) in [5.74, 6) is -2.01. The van der Waals surface area contributed by atoms with Gasteiger partial charge in [-0.1, -0.05) is 0 Å². The molecule has 0 aromatic heterocycles. The van der Waals surface area contributed by atoms with Crippen molar-refractivity contribution in [3.05, 3.63) is 0 Å². The largest absolute Gasteiger partial charge is 0.481 e. The van der Waals surface area contributed by atoms with E-state index in [0.29, 0.717) is 6.54 Å². The number of carbonyl (C=O) groups is 1. The first-order valence-corrected chi connectivity index (χ1v) is 4.64. The summed E-state index contributed by atoms with van der Waals surface area (Å²) in [5, 5.41) is 8.47. The Labute approximate surface area is 86.9 Å². The molecule has 0 rings (SSSR count). The van der Waals surface area contributed by atoms with E-state index in [1.54, 1.807) is 19.0 Å². The molecule has 1 N–H and O–H groups in total. The third-order valence-corrected chi connectivity index (χ3v) is 1.97. The highest BCUT2D eigenvalue weighted by atomic mass is 19.4. The molecule has 3 nitrogen and oxygen atoms in total. The van der Waals surface area contributed by atoms with Gasteiger partial charge < -0.3 is 10.0 Å². The molecule has 0 aliphatic heterocycles. The van der Waals surface area contributed by atoms with Gasteiger partial charge in [-0.15, -0.1) is 0 Å². The summed E-state index contributed by atoms with van der Waals surface area (Å²) in [6.45, 7) is 0.466. The second-order valence-corrected chi connectivity index (χ2v) is 3.88. The van der Waals surface area contributed by atoms with Gasteiger partial charge in [0.1, 0.15) is 0 Å². The summed E-state index contributed by atoms with van der Waals surface area (Å²) in [6, 6.07) is 0. The van der Waals surface area contributed by atoms with Gasteiger partial charge in [0, 0.05) is 12.8 Å². The monoisotopic (exact) mass is 227 g/mol. The van der Waals surface area contributed by atoms with Crippen molar-refractivity contribution >= 4 is 5.97 Å². The van der Waals surface area contributed by atoms with Crippen LogP contribution in [0, 0.1) is 5.92 Å². The van der Waals surface area contributed by atoms with Gasteiger partial charge in [0.25, 0.3) is 0 Å². The van der Waals surface area contributed by atoms with Crippen molar-refractivity contribution in [3.63, 3.8) is 0 Å². The van der Waals surface area contributed by atoms with Crippen molar-refractivity contribution < 1.29 is 23.1 Å². The van der Waals surface area contributed by atoms with E-state index in [-0.39, 0.29) is 6.42 Å². The molecule has 15 heavy (non-hydrogen) atoms. The summed E-state index contributed by atoms with van der Waals surface area (Å²) in [5.41, 5.74) is 0. The Hall–Kier alpha value is -0.780. The van der Waals surface area contributed by atoms with E-state index >= 15 is 0 Å². The Morgan fingerprint density at radius 1 is 1.40 bits per heavy atom. The van der Waals surface area contributed by atoms with Gasteiger partial charge in [0.15, 0.2) is 0 Å². The highest BCUT2D eigenvalue weighted by molar-refractivity contribution is 5.67. The average Bonchev–Trinajstić information content (AvgIpc) is 1.95. The van der Waals surface area contributed by atoms with Gasteiger partial charge >= 0.3 is 12.1 Å². The maximum atomic E-state index is 12.1. The number of halogens is 3. The normalized spacial score (nSPS) is 14.3. The van der Waals surface area contributed by atoms with Crippen LogP contribution < -0.4 is 0 Å². The standard InChI is InChI=1S/C9H16F3NO2/c1-13(2)4-3-7(5-8(14)15)6-9(10,11)12/h7H,3-6H2,1-2H3,(H,14,15). The van der Waals surface area contributed by atoms with Crippen molar-refractivity contribution in [2.75, 3.05) is 20.6 Å². The van der Waals surface area contributed by atoms with Crippen LogP contribution in [-0.2, 0) is 4.79 Å². The lowest BCUT2D eigenvalue weighted by Crippen LogP contribution is -2.23. The average molecular weight is 227 g/mol. The van der Waals surface area contributed by atoms with Gasteiger partial charge in [-0.05, 0) is 33.0 Å². The summed E-state index contributed by atoms with van der Waals surface area (Å²) >= 11 is 0. The van der Waals surface area contributed by atoms with Crippen LogP contribution in [0.4, 0.5) is 13.2 Å². The predicted octanol–water partition coefficient (Wildman–Crippen LogP) is 1.98. The Morgan fingerprint density at radius 2 is 1.93 bits per heavy atom. The van der Waals surface area contributed by atoms with Gasteiger partial charge in [-0.2, -0.15) is 13.2 Å². The third-order valence-electron chi connectivity index (χ3n) is 1.97. The lowest BCUT2D eigenvalue weighted by molar-refractivity contribution is -0.151. The third kappa shape index (κ3) is 9.52. The maximum Gasteiger partial charge on any atom is 0.389 e. The molecule has 0 aliphatic rings. The number of hydrogen-bond donors (Lipinski definition) is 1. The van der Waals surface area contributed by atoms with Gasteiger partial charge in [0.05, 0.1) is 0 Å². The molecule has 0 spiro atoms. The molecule has 0 fully saturated rings. The first-order chi connectivity index (χ1) is 6.70. The number of carboxylic acids is 1. The smallest absolute Gasteiger partial charge is 0.389 e. The van der Waals surface area contributed by atoms with E-state index in [1.807, 2.05) is 0 Å². The van der Waals surface area contributed by atoms with Crippen LogP contribution in [0.25, 0.3) is 0 Å². The Bertz CT molecular complexity index is 204. The van der Waals surface area contributed by atoms with Gasteiger partial charge in [0.2, 0.25) is 0 Å². The minimum absolute atomic E-state index is 0.249. The topological polar surface area (TPSA) is 40.5 Å². The zero-order valence-corrected chi connectivity index (χ0v) is 8.84. The molecule has 0 aromatic rings. The van der Waals surface area contributed by atoms with Crippen LogP contribution in [0.5, 0.6) is 0 Å². The van der Waals surface area contributed by atoms with Gasteiger partial charge in [-0.3, -0.25) is 4.79 Å². The molecule has 0 saturated carbocycles. The molecule has 0 bridgehead atoms. The summed E-state index contributed by atoms with van der Waals surface area (Å²) < 4.78 is 36.2. The fourth-order valence-electron chi connectivity index (χ4n) is 1.29. The van der Waals surface area contributed by atoms with Crippen LogP contribution in [0.1, 0.15) is 19.3 Å². The maximum absolute atomic E-state index is 12.1. The Balaban J connectivity index is 4.12. The van der Waals surface area contributed by atoms with Crippen molar-refractivity contribution in [2.45, 2.75) is 25.4 Å². The summed E-state index contributed by atoms with van der Waals surface area (Å²) in [4.78, 5) is 12.1. The Kier molecular flexibility index (Phi) is 5.64. The number of rotatable bonds is 6. The van der Waals surface area contributed by atoms with E-state index in [2.05, 4.69) is 0 Å². The second kappa shape index (κ2) is 5.95. The first-order valence-electron chi connectivity index (χ1n) is 4.64. The quantitative estimate of drug-likeness (QED) is 0.754. The number of alkyl halides is 3. The first kappa shape index (κ1) is 14.2. The lowest BCUT2D eigenvalue weighted by atomic mass is 9.97. The SMILES string of the molecule is CN(C)CCC(CC(=O)O)CC(F)(F)F.